The van der Waals surface area contributed by atoms with Gasteiger partial charge in [-0.25, -0.2) is 0 Å². The minimum atomic E-state index is -0.0838. The molecule has 0 fully saturated rings. The van der Waals surface area contributed by atoms with Crippen molar-refractivity contribution in [3.05, 3.63) is 54.1 Å². The molecule has 0 spiro atoms. The van der Waals surface area contributed by atoms with Crippen LogP contribution in [0.4, 0.5) is 11.4 Å². The lowest BCUT2D eigenvalue weighted by molar-refractivity contribution is 0.0993. The van der Waals surface area contributed by atoms with Gasteiger partial charge in [0.1, 0.15) is 5.75 Å². The molecule has 20 heavy (non-hydrogen) atoms. The van der Waals surface area contributed by atoms with E-state index in [9.17, 15) is 4.79 Å². The van der Waals surface area contributed by atoms with E-state index in [1.165, 1.54) is 0 Å². The Hall–Kier alpha value is -2.49. The number of benzene rings is 2. The van der Waals surface area contributed by atoms with Crippen molar-refractivity contribution in [3.63, 3.8) is 0 Å². The first-order valence-corrected chi connectivity index (χ1v) is 6.37. The van der Waals surface area contributed by atoms with Gasteiger partial charge in [0.15, 0.2) is 0 Å². The summed E-state index contributed by atoms with van der Waals surface area (Å²) in [6.45, 7) is 0. The van der Waals surface area contributed by atoms with E-state index >= 15 is 0 Å². The number of carbonyl (C=O) groups is 1. The first kappa shape index (κ1) is 13.9. The van der Waals surface area contributed by atoms with Gasteiger partial charge in [-0.15, -0.1) is 0 Å². The van der Waals surface area contributed by atoms with Crippen LogP contribution in [0, 0.1) is 0 Å². The number of rotatable bonds is 4. The van der Waals surface area contributed by atoms with Crippen molar-refractivity contribution >= 4 is 17.3 Å². The van der Waals surface area contributed by atoms with E-state index in [1.807, 2.05) is 42.5 Å². The number of nitrogens with zero attached hydrogens (tertiary/aromatic N) is 1. The van der Waals surface area contributed by atoms with Crippen LogP contribution in [0.1, 0.15) is 10.4 Å². The highest BCUT2D eigenvalue weighted by Crippen LogP contribution is 2.28. The lowest BCUT2D eigenvalue weighted by Crippen LogP contribution is -2.27. The summed E-state index contributed by atoms with van der Waals surface area (Å²) >= 11 is 0. The maximum Gasteiger partial charge on any atom is 0.260 e. The summed E-state index contributed by atoms with van der Waals surface area (Å²) in [5.41, 5.74) is 2.17. The zero-order valence-electron chi connectivity index (χ0n) is 11.9. The normalized spacial score (nSPS) is 9.95. The van der Waals surface area contributed by atoms with E-state index in [2.05, 4.69) is 5.32 Å². The minimum absolute atomic E-state index is 0.0838. The number of methoxy groups -OCH3 is 1. The van der Waals surface area contributed by atoms with Crippen molar-refractivity contribution in [1.29, 1.82) is 0 Å². The summed E-state index contributed by atoms with van der Waals surface area (Å²) in [7, 11) is 5.14. The summed E-state index contributed by atoms with van der Waals surface area (Å²) in [6, 6.07) is 14.9. The molecule has 2 aromatic rings. The first-order chi connectivity index (χ1) is 9.69. The predicted octanol–water partition coefficient (Wildman–Crippen LogP) is 3.01. The number of anilines is 2. The van der Waals surface area contributed by atoms with Crippen LogP contribution in [-0.4, -0.2) is 27.1 Å². The third-order valence-corrected chi connectivity index (χ3v) is 3.18. The molecule has 2 aromatic carbocycles. The Bertz CT molecular complexity index is 611. The molecule has 0 atom stereocenters. The number of amides is 1. The second-order valence-corrected chi connectivity index (χ2v) is 4.33. The Labute approximate surface area is 119 Å². The molecule has 1 amide bonds. The number of para-hydroxylation sites is 3. The van der Waals surface area contributed by atoms with Gasteiger partial charge in [0, 0.05) is 19.8 Å². The highest BCUT2D eigenvalue weighted by molar-refractivity contribution is 6.09. The fraction of sp³-hybridized carbons (Fsp3) is 0.188. The number of carbonyl (C=O) groups excluding carboxylic acids is 1. The SMILES string of the molecule is CNc1ccccc1C(=O)N(C)c1ccccc1OC. The Morgan fingerprint density at radius 2 is 1.75 bits per heavy atom. The quantitative estimate of drug-likeness (QED) is 0.928. The largest absolute Gasteiger partial charge is 0.495 e. The van der Waals surface area contributed by atoms with E-state index in [-0.39, 0.29) is 5.91 Å². The molecule has 4 nitrogen and oxygen atoms in total. The van der Waals surface area contributed by atoms with Crippen molar-refractivity contribution in [2.24, 2.45) is 0 Å². The molecule has 0 aliphatic heterocycles. The third kappa shape index (κ3) is 2.59. The summed E-state index contributed by atoms with van der Waals surface area (Å²) in [6.07, 6.45) is 0. The molecule has 0 bridgehead atoms. The van der Waals surface area contributed by atoms with Crippen LogP contribution in [0.15, 0.2) is 48.5 Å². The molecule has 0 aliphatic carbocycles. The molecule has 0 heterocycles. The lowest BCUT2D eigenvalue weighted by atomic mass is 10.1. The number of nitrogens with one attached hydrogen (secondary N) is 1. The average Bonchev–Trinajstić information content (AvgIpc) is 2.53. The maximum absolute atomic E-state index is 12.6. The van der Waals surface area contributed by atoms with Gasteiger partial charge in [-0.1, -0.05) is 24.3 Å². The molecule has 0 unspecified atom stereocenters. The second kappa shape index (κ2) is 6.10. The van der Waals surface area contributed by atoms with Crippen molar-refractivity contribution in [1.82, 2.24) is 0 Å². The summed E-state index contributed by atoms with van der Waals surface area (Å²) in [5.74, 6) is 0.588. The van der Waals surface area contributed by atoms with Gasteiger partial charge in [0.2, 0.25) is 0 Å². The molecule has 4 heteroatoms. The maximum atomic E-state index is 12.6. The van der Waals surface area contributed by atoms with E-state index in [4.69, 9.17) is 4.74 Å². The van der Waals surface area contributed by atoms with Gasteiger partial charge in [-0.05, 0) is 24.3 Å². The number of hydrogen-bond donors (Lipinski definition) is 1. The number of hydrogen-bond acceptors (Lipinski definition) is 3. The molecule has 0 saturated carbocycles. The highest BCUT2D eigenvalue weighted by Gasteiger charge is 2.18. The Kier molecular flexibility index (Phi) is 4.25. The van der Waals surface area contributed by atoms with Gasteiger partial charge in [-0.2, -0.15) is 0 Å². The van der Waals surface area contributed by atoms with Crippen LogP contribution < -0.4 is 15.0 Å². The van der Waals surface area contributed by atoms with Crippen LogP contribution in [-0.2, 0) is 0 Å². The van der Waals surface area contributed by atoms with Gasteiger partial charge in [0.05, 0.1) is 18.4 Å². The van der Waals surface area contributed by atoms with E-state index in [0.717, 1.165) is 11.4 Å². The van der Waals surface area contributed by atoms with E-state index in [1.54, 1.807) is 32.2 Å². The third-order valence-electron chi connectivity index (χ3n) is 3.18. The first-order valence-electron chi connectivity index (χ1n) is 6.37. The van der Waals surface area contributed by atoms with Crippen molar-refractivity contribution < 1.29 is 9.53 Å². The van der Waals surface area contributed by atoms with Crippen molar-refractivity contribution in [3.8, 4) is 5.75 Å². The van der Waals surface area contributed by atoms with Crippen LogP contribution >= 0.6 is 0 Å². The summed E-state index contributed by atoms with van der Waals surface area (Å²) < 4.78 is 5.30. The monoisotopic (exact) mass is 270 g/mol. The Morgan fingerprint density at radius 3 is 2.45 bits per heavy atom. The fourth-order valence-corrected chi connectivity index (χ4v) is 2.08. The zero-order valence-corrected chi connectivity index (χ0v) is 11.9. The minimum Gasteiger partial charge on any atom is -0.495 e. The smallest absolute Gasteiger partial charge is 0.260 e. The predicted molar refractivity (Wildman–Crippen MR) is 81.7 cm³/mol. The van der Waals surface area contributed by atoms with Crippen molar-refractivity contribution in [2.45, 2.75) is 0 Å². The highest BCUT2D eigenvalue weighted by atomic mass is 16.5. The van der Waals surface area contributed by atoms with Gasteiger partial charge < -0.3 is 15.0 Å². The van der Waals surface area contributed by atoms with Crippen LogP contribution in [0.3, 0.4) is 0 Å². The topological polar surface area (TPSA) is 41.6 Å². The van der Waals surface area contributed by atoms with Crippen LogP contribution in [0.25, 0.3) is 0 Å². The fourth-order valence-electron chi connectivity index (χ4n) is 2.08. The van der Waals surface area contributed by atoms with E-state index < -0.39 is 0 Å². The second-order valence-electron chi connectivity index (χ2n) is 4.33. The van der Waals surface area contributed by atoms with Gasteiger partial charge in [0.25, 0.3) is 5.91 Å². The Balaban J connectivity index is 2.38. The molecule has 104 valence electrons. The standard InChI is InChI=1S/C16H18N2O2/c1-17-13-9-5-4-8-12(13)16(19)18(2)14-10-6-7-11-15(14)20-3/h4-11,17H,1-3H3. The van der Waals surface area contributed by atoms with Crippen LogP contribution in [0.2, 0.25) is 0 Å². The molecule has 2 rings (SSSR count). The Morgan fingerprint density at radius 1 is 1.10 bits per heavy atom. The molecular formula is C16H18N2O2. The molecule has 0 saturated heterocycles. The molecular weight excluding hydrogens is 252 g/mol. The summed E-state index contributed by atoms with van der Waals surface area (Å²) in [5, 5.41) is 3.03. The molecule has 1 N–H and O–H groups in total. The molecule has 0 radical (unpaired) electrons. The number of ether oxygens (including phenoxy) is 1. The van der Waals surface area contributed by atoms with Gasteiger partial charge >= 0.3 is 0 Å². The zero-order chi connectivity index (χ0) is 14.5. The lowest BCUT2D eigenvalue weighted by Gasteiger charge is -2.21. The summed E-state index contributed by atoms with van der Waals surface area (Å²) in [4.78, 5) is 14.2. The van der Waals surface area contributed by atoms with Gasteiger partial charge in [-0.3, -0.25) is 4.79 Å². The van der Waals surface area contributed by atoms with E-state index in [0.29, 0.717) is 11.3 Å². The average molecular weight is 270 g/mol. The molecule has 0 aromatic heterocycles. The van der Waals surface area contributed by atoms with Crippen LogP contribution in [0.5, 0.6) is 5.75 Å². The molecule has 0 aliphatic rings. The van der Waals surface area contributed by atoms with Crippen molar-refractivity contribution in [2.75, 3.05) is 31.4 Å².